The van der Waals surface area contributed by atoms with Gasteiger partial charge in [-0.3, -0.25) is 9.59 Å². The average molecular weight is 552 g/mol. The number of aliphatic hydroxyl groups is 1. The number of amides is 2. The van der Waals surface area contributed by atoms with Gasteiger partial charge in [0, 0.05) is 42.9 Å². The molecule has 0 unspecified atom stereocenters. The zero-order valence-corrected chi connectivity index (χ0v) is 24.7. The molecule has 1 aliphatic heterocycles. The van der Waals surface area contributed by atoms with Crippen LogP contribution in [-0.4, -0.2) is 54.8 Å². The van der Waals surface area contributed by atoms with Crippen LogP contribution in [0.2, 0.25) is 0 Å². The Hall–Kier alpha value is -2.90. The minimum absolute atomic E-state index is 0.0617. The molecule has 2 atom stereocenters. The number of hydrogen-bond donors (Lipinski definition) is 3. The number of nitrogens with zero attached hydrogens (tertiary/aromatic N) is 1. The molecule has 0 aromatic heterocycles. The number of anilines is 1. The van der Waals surface area contributed by atoms with Crippen LogP contribution in [0.4, 0.5) is 5.69 Å². The van der Waals surface area contributed by atoms with Gasteiger partial charge >= 0.3 is 0 Å². The molecular weight excluding hydrogens is 502 g/mol. The Labute approximate surface area is 240 Å². The van der Waals surface area contributed by atoms with E-state index in [1.165, 1.54) is 0 Å². The molecule has 0 bridgehead atoms. The summed E-state index contributed by atoms with van der Waals surface area (Å²) in [7, 11) is 0. The molecule has 1 fully saturated rings. The standard InChI is InChI=1S/C33H49N3O4/c1-4-7-11-19-40-29-22-26(21-28(23-29)36-18-12-17-32(36)38)33(39)35-30(20-25-15-9-8-10-16-25)31(37)24-34-27(13-5-2)14-6-3/h8-10,15-16,21-23,27,30-31,34,37H,4-7,11-14,17-20,24H2,1-3H3,(H,35,39)/t30-,31-/m0/s1. The third-order valence-corrected chi connectivity index (χ3v) is 7.52. The number of nitrogens with one attached hydrogen (secondary N) is 2. The first kappa shape index (κ1) is 31.6. The van der Waals surface area contributed by atoms with Gasteiger partial charge in [-0.1, -0.05) is 76.8 Å². The van der Waals surface area contributed by atoms with Crippen molar-refractivity contribution in [3.05, 3.63) is 59.7 Å². The van der Waals surface area contributed by atoms with Gasteiger partial charge in [0.25, 0.3) is 5.91 Å². The van der Waals surface area contributed by atoms with Gasteiger partial charge in [0.15, 0.2) is 0 Å². The minimum atomic E-state index is -0.770. The molecular formula is C33H49N3O4. The molecule has 0 aliphatic carbocycles. The molecule has 7 heteroatoms. The van der Waals surface area contributed by atoms with Crippen LogP contribution in [0.3, 0.4) is 0 Å². The summed E-state index contributed by atoms with van der Waals surface area (Å²) in [5.74, 6) is 0.361. The second-order valence-corrected chi connectivity index (χ2v) is 10.9. The largest absolute Gasteiger partial charge is 0.493 e. The number of carbonyl (C=O) groups is 2. The van der Waals surface area contributed by atoms with E-state index in [9.17, 15) is 14.7 Å². The third kappa shape index (κ3) is 9.93. The van der Waals surface area contributed by atoms with E-state index in [4.69, 9.17) is 4.74 Å². The maximum Gasteiger partial charge on any atom is 0.251 e. The normalized spacial score (nSPS) is 14.9. The second kappa shape index (κ2) is 17.0. The monoisotopic (exact) mass is 551 g/mol. The average Bonchev–Trinajstić information content (AvgIpc) is 3.40. The van der Waals surface area contributed by atoms with E-state index in [2.05, 4.69) is 31.4 Å². The van der Waals surface area contributed by atoms with E-state index in [1.807, 2.05) is 36.4 Å². The van der Waals surface area contributed by atoms with Crippen molar-refractivity contribution in [3.8, 4) is 5.75 Å². The fourth-order valence-corrected chi connectivity index (χ4v) is 5.29. The summed E-state index contributed by atoms with van der Waals surface area (Å²) in [5.41, 5.74) is 2.15. The van der Waals surface area contributed by atoms with Crippen molar-refractivity contribution in [2.75, 3.05) is 24.6 Å². The van der Waals surface area contributed by atoms with E-state index < -0.39 is 12.1 Å². The van der Waals surface area contributed by atoms with Crippen molar-refractivity contribution in [2.24, 2.45) is 0 Å². The van der Waals surface area contributed by atoms with Gasteiger partial charge < -0.3 is 25.4 Å². The first-order valence-corrected chi connectivity index (χ1v) is 15.3. The highest BCUT2D eigenvalue weighted by Gasteiger charge is 2.26. The van der Waals surface area contributed by atoms with E-state index in [0.717, 1.165) is 56.9 Å². The molecule has 2 aromatic rings. The Morgan fingerprint density at radius 3 is 2.42 bits per heavy atom. The van der Waals surface area contributed by atoms with Crippen molar-refractivity contribution < 1.29 is 19.4 Å². The molecule has 1 saturated heterocycles. The topological polar surface area (TPSA) is 90.9 Å². The van der Waals surface area contributed by atoms with Crippen LogP contribution in [-0.2, 0) is 11.2 Å². The maximum absolute atomic E-state index is 13.7. The van der Waals surface area contributed by atoms with Crippen molar-refractivity contribution in [2.45, 2.75) is 103 Å². The fourth-order valence-electron chi connectivity index (χ4n) is 5.29. The molecule has 1 heterocycles. The van der Waals surface area contributed by atoms with Gasteiger partial charge in [-0.15, -0.1) is 0 Å². The molecule has 1 aliphatic rings. The van der Waals surface area contributed by atoms with E-state index in [0.29, 0.717) is 55.6 Å². The number of unbranched alkanes of at least 4 members (excludes halogenated alkanes) is 2. The molecule has 7 nitrogen and oxygen atoms in total. The summed E-state index contributed by atoms with van der Waals surface area (Å²) in [6, 6.07) is 15.1. The van der Waals surface area contributed by atoms with Gasteiger partial charge in [0.1, 0.15) is 5.75 Å². The summed E-state index contributed by atoms with van der Waals surface area (Å²) in [5, 5.41) is 17.9. The molecule has 2 amide bonds. The number of hydrogen-bond acceptors (Lipinski definition) is 5. The smallest absolute Gasteiger partial charge is 0.251 e. The Balaban J connectivity index is 1.80. The molecule has 0 saturated carbocycles. The Kier molecular flexibility index (Phi) is 13.5. The van der Waals surface area contributed by atoms with Crippen molar-refractivity contribution in [1.82, 2.24) is 10.6 Å². The predicted octanol–water partition coefficient (Wildman–Crippen LogP) is 5.64. The lowest BCUT2D eigenvalue weighted by Crippen LogP contribution is -2.50. The zero-order chi connectivity index (χ0) is 28.7. The molecule has 0 spiro atoms. The molecule has 3 rings (SSSR count). The van der Waals surface area contributed by atoms with Gasteiger partial charge in [0.2, 0.25) is 5.91 Å². The van der Waals surface area contributed by atoms with Gasteiger partial charge in [0.05, 0.1) is 18.8 Å². The Bertz CT molecular complexity index is 1040. The van der Waals surface area contributed by atoms with Crippen LogP contribution in [0.1, 0.15) is 94.5 Å². The minimum Gasteiger partial charge on any atom is -0.493 e. The SMILES string of the molecule is CCCCCOc1cc(C(=O)N[C@@H](Cc2ccccc2)[C@@H](O)CNC(CCC)CCC)cc(N2CCCC2=O)c1. The molecule has 2 aromatic carbocycles. The highest BCUT2D eigenvalue weighted by molar-refractivity contribution is 5.99. The Morgan fingerprint density at radius 1 is 1.02 bits per heavy atom. The van der Waals surface area contributed by atoms with Crippen LogP contribution in [0.15, 0.2) is 48.5 Å². The fraction of sp³-hybridized carbons (Fsp3) is 0.576. The molecule has 0 radical (unpaired) electrons. The van der Waals surface area contributed by atoms with Gasteiger partial charge in [-0.2, -0.15) is 0 Å². The van der Waals surface area contributed by atoms with E-state index in [1.54, 1.807) is 17.0 Å². The summed E-state index contributed by atoms with van der Waals surface area (Å²) in [4.78, 5) is 27.9. The second-order valence-electron chi connectivity index (χ2n) is 10.9. The summed E-state index contributed by atoms with van der Waals surface area (Å²) in [6.45, 7) is 8.08. The van der Waals surface area contributed by atoms with Gasteiger partial charge in [-0.25, -0.2) is 0 Å². The van der Waals surface area contributed by atoms with Crippen LogP contribution < -0.4 is 20.3 Å². The highest BCUT2D eigenvalue weighted by Crippen LogP contribution is 2.28. The van der Waals surface area contributed by atoms with Gasteiger partial charge in [-0.05, 0) is 49.8 Å². The lowest BCUT2D eigenvalue weighted by atomic mass is 9.99. The lowest BCUT2D eigenvalue weighted by Gasteiger charge is -2.27. The number of benzene rings is 2. The first-order valence-electron chi connectivity index (χ1n) is 15.3. The van der Waals surface area contributed by atoms with Crippen LogP contribution >= 0.6 is 0 Å². The lowest BCUT2D eigenvalue weighted by molar-refractivity contribution is -0.117. The molecule has 3 N–H and O–H groups in total. The number of aliphatic hydroxyl groups excluding tert-OH is 1. The zero-order valence-electron chi connectivity index (χ0n) is 24.7. The van der Waals surface area contributed by atoms with Crippen LogP contribution in [0.25, 0.3) is 0 Å². The summed E-state index contributed by atoms with van der Waals surface area (Å²) < 4.78 is 6.02. The quantitative estimate of drug-likeness (QED) is 0.209. The van der Waals surface area contributed by atoms with Crippen LogP contribution in [0, 0.1) is 0 Å². The van der Waals surface area contributed by atoms with Crippen molar-refractivity contribution in [3.63, 3.8) is 0 Å². The third-order valence-electron chi connectivity index (χ3n) is 7.52. The molecule has 40 heavy (non-hydrogen) atoms. The number of rotatable bonds is 18. The summed E-state index contributed by atoms with van der Waals surface area (Å²) >= 11 is 0. The Morgan fingerprint density at radius 2 is 1.77 bits per heavy atom. The maximum atomic E-state index is 13.7. The van der Waals surface area contributed by atoms with Crippen LogP contribution in [0.5, 0.6) is 5.75 Å². The number of ether oxygens (including phenoxy) is 1. The van der Waals surface area contributed by atoms with E-state index in [-0.39, 0.29) is 11.8 Å². The first-order chi connectivity index (χ1) is 19.4. The van der Waals surface area contributed by atoms with E-state index >= 15 is 0 Å². The summed E-state index contributed by atoms with van der Waals surface area (Å²) in [6.07, 6.45) is 8.42. The highest BCUT2D eigenvalue weighted by atomic mass is 16.5. The number of carbonyl (C=O) groups excluding carboxylic acids is 2. The predicted molar refractivity (Wildman–Crippen MR) is 162 cm³/mol. The van der Waals surface area contributed by atoms with Crippen molar-refractivity contribution in [1.29, 1.82) is 0 Å². The van der Waals surface area contributed by atoms with Crippen molar-refractivity contribution >= 4 is 17.5 Å². The molecule has 220 valence electrons.